The number of hydrogen-bond donors (Lipinski definition) is 2. The summed E-state index contributed by atoms with van der Waals surface area (Å²) in [6.45, 7) is 16.3. The summed E-state index contributed by atoms with van der Waals surface area (Å²) in [4.78, 5) is 18.6. The number of nitrogens with one attached hydrogen (secondary N) is 2. The van der Waals surface area contributed by atoms with Gasteiger partial charge in [0.05, 0.1) is 22.2 Å². The van der Waals surface area contributed by atoms with Crippen LogP contribution in [0.4, 0.5) is 35.1 Å². The summed E-state index contributed by atoms with van der Waals surface area (Å²) < 4.78 is 105. The average Bonchev–Trinajstić information content (AvgIpc) is 3.66. The lowest BCUT2D eigenvalue weighted by atomic mass is 9.86. The molecule has 0 radical (unpaired) electrons. The molecule has 0 aliphatic carbocycles. The first kappa shape index (κ1) is 47.6. The van der Waals surface area contributed by atoms with Crippen LogP contribution in [0.2, 0.25) is 0 Å². The number of benzene rings is 5. The van der Waals surface area contributed by atoms with Crippen molar-refractivity contribution in [2.24, 2.45) is 0 Å². The number of carbonyl (C=O) groups excluding carboxylic acids is 1. The molecule has 5 aromatic carbocycles. The van der Waals surface area contributed by atoms with Crippen molar-refractivity contribution in [1.82, 2.24) is 15.2 Å². The van der Waals surface area contributed by atoms with Crippen LogP contribution in [0.15, 0.2) is 109 Å². The molecule has 0 bridgehead atoms. The van der Waals surface area contributed by atoms with E-state index in [0.717, 1.165) is 51.9 Å². The van der Waals surface area contributed by atoms with Crippen molar-refractivity contribution >= 4 is 16.8 Å². The summed E-state index contributed by atoms with van der Waals surface area (Å²) in [6.07, 6.45) is -7.13. The molecule has 1 aromatic heterocycles. The summed E-state index contributed by atoms with van der Waals surface area (Å²) in [5, 5.41) is 4.11. The molecule has 0 aliphatic rings. The number of nitrogens with zero attached hydrogens (tertiary/aromatic N) is 1. The second kappa shape index (κ2) is 19.3. The summed E-state index contributed by atoms with van der Waals surface area (Å²) in [5.74, 6) is -2.77. The number of aromatic nitrogens is 1. The predicted molar refractivity (Wildman–Crippen MR) is 230 cm³/mol. The van der Waals surface area contributed by atoms with Crippen molar-refractivity contribution in [2.75, 3.05) is 13.1 Å². The normalized spacial score (nSPS) is 12.3. The van der Waals surface area contributed by atoms with Crippen LogP contribution in [-0.2, 0) is 49.1 Å². The zero-order valence-corrected chi connectivity index (χ0v) is 36.0. The quantitative estimate of drug-likeness (QED) is 0.101. The Kier molecular flexibility index (Phi) is 14.8. The number of fused-ring (bicyclic) bond motifs is 1. The number of aryl methyl sites for hydroxylation is 1. The molecule has 62 heavy (non-hydrogen) atoms. The highest BCUT2D eigenvalue weighted by atomic mass is 19.4. The number of halogens is 8. The molecule has 4 nitrogen and oxygen atoms in total. The molecule has 0 atom stereocenters. The maximum Gasteiger partial charge on any atom is 0.419 e. The van der Waals surface area contributed by atoms with Crippen molar-refractivity contribution < 1.29 is 39.9 Å². The number of amides is 1. The second-order valence-corrected chi connectivity index (χ2v) is 17.7. The highest BCUT2D eigenvalue weighted by molar-refractivity contribution is 6.06. The van der Waals surface area contributed by atoms with E-state index in [1.807, 2.05) is 61.5 Å². The minimum absolute atomic E-state index is 0.0202. The summed E-state index contributed by atoms with van der Waals surface area (Å²) in [5.41, 5.74) is 4.93. The summed E-state index contributed by atoms with van der Waals surface area (Å²) in [7, 11) is 0. The maximum atomic E-state index is 13.8. The molecule has 1 amide bonds. The van der Waals surface area contributed by atoms with Gasteiger partial charge >= 0.3 is 12.4 Å². The van der Waals surface area contributed by atoms with Gasteiger partial charge in [0.25, 0.3) is 5.91 Å². The van der Waals surface area contributed by atoms with Gasteiger partial charge in [-0.15, -0.1) is 0 Å². The Labute approximate surface area is 358 Å². The Balaban J connectivity index is 0.000000253. The molecular weight excluding hydrogens is 811 g/mol. The van der Waals surface area contributed by atoms with Gasteiger partial charge in [0.15, 0.2) is 0 Å². The van der Waals surface area contributed by atoms with Gasteiger partial charge in [-0.2, -0.15) is 26.3 Å². The zero-order valence-electron chi connectivity index (χ0n) is 36.0. The molecule has 0 saturated heterocycles. The van der Waals surface area contributed by atoms with Crippen molar-refractivity contribution in [3.63, 3.8) is 0 Å². The van der Waals surface area contributed by atoms with E-state index in [2.05, 4.69) is 64.0 Å². The third kappa shape index (κ3) is 12.8. The fourth-order valence-corrected chi connectivity index (χ4v) is 6.99. The van der Waals surface area contributed by atoms with Crippen LogP contribution in [0.25, 0.3) is 10.9 Å². The molecule has 0 fully saturated rings. The lowest BCUT2D eigenvalue weighted by Crippen LogP contribution is -2.33. The van der Waals surface area contributed by atoms with E-state index in [0.29, 0.717) is 41.7 Å². The topological polar surface area (TPSA) is 48.1 Å². The van der Waals surface area contributed by atoms with Gasteiger partial charge in [-0.3, -0.25) is 4.79 Å². The first-order chi connectivity index (χ1) is 28.9. The lowest BCUT2D eigenvalue weighted by molar-refractivity contribution is -0.140. The largest absolute Gasteiger partial charge is 0.419 e. The number of hydrogen-bond acceptors (Lipinski definition) is 2. The van der Waals surface area contributed by atoms with Gasteiger partial charge < -0.3 is 15.2 Å². The molecule has 330 valence electrons. The van der Waals surface area contributed by atoms with Crippen molar-refractivity contribution in [3.05, 3.63) is 177 Å². The van der Waals surface area contributed by atoms with E-state index in [1.54, 1.807) is 11.1 Å². The predicted octanol–water partition coefficient (Wildman–Crippen LogP) is 13.3. The van der Waals surface area contributed by atoms with Crippen LogP contribution in [0.1, 0.15) is 102 Å². The molecule has 6 rings (SSSR count). The summed E-state index contributed by atoms with van der Waals surface area (Å²) >= 11 is 0. The number of rotatable bonds is 11. The Bertz CT molecular complexity index is 2440. The molecule has 6 aromatic rings. The minimum Gasteiger partial charge on any atom is -0.361 e. The third-order valence-corrected chi connectivity index (χ3v) is 10.6. The smallest absolute Gasteiger partial charge is 0.361 e. The average molecular weight is 864 g/mol. The van der Waals surface area contributed by atoms with Gasteiger partial charge in [-0.25, -0.2) is 8.78 Å². The van der Waals surface area contributed by atoms with Gasteiger partial charge in [0, 0.05) is 31.2 Å². The van der Waals surface area contributed by atoms with E-state index in [1.165, 1.54) is 17.7 Å². The number of alkyl halides is 6. The molecule has 0 unspecified atom stereocenters. The fourth-order valence-electron chi connectivity index (χ4n) is 6.99. The van der Waals surface area contributed by atoms with Crippen LogP contribution >= 0.6 is 0 Å². The van der Waals surface area contributed by atoms with Crippen LogP contribution in [0, 0.1) is 18.6 Å². The maximum absolute atomic E-state index is 13.8. The lowest BCUT2D eigenvalue weighted by Gasteiger charge is -2.25. The number of carbonyl (C=O) groups is 1. The first-order valence-corrected chi connectivity index (χ1v) is 20.4. The standard InChI is InChI=1S/C30H30F4N2O.C20H23F4N/c1-19-15-22-11-13-35-27(22)24(16-19)28(37)36(18-21-5-8-23(9-6-21)29(2,3)4)14-12-20-7-10-26(31)25(17-20)30(32,33)34;1-19(2,3)16-7-4-15(5-8-16)13-25-11-10-14-6-9-18(21)17(12-14)20(22,23)24/h5-11,13,15-17,35H,12,14,18H2,1-4H3;4-9,12,25H,10-11,13H2,1-3H3. The fraction of sp³-hybridized carbons (Fsp3) is 0.340. The monoisotopic (exact) mass is 863 g/mol. The Morgan fingerprint density at radius 2 is 1.10 bits per heavy atom. The molecule has 2 N–H and O–H groups in total. The Hall–Kier alpha value is -5.49. The minimum atomic E-state index is -4.79. The van der Waals surface area contributed by atoms with Crippen molar-refractivity contribution in [1.29, 1.82) is 0 Å². The van der Waals surface area contributed by atoms with Crippen LogP contribution in [0.5, 0.6) is 0 Å². The van der Waals surface area contributed by atoms with Crippen molar-refractivity contribution in [2.45, 2.75) is 97.6 Å². The summed E-state index contributed by atoms with van der Waals surface area (Å²) in [6, 6.07) is 28.1. The van der Waals surface area contributed by atoms with E-state index in [4.69, 9.17) is 0 Å². The van der Waals surface area contributed by atoms with Crippen molar-refractivity contribution in [3.8, 4) is 0 Å². The number of H-pyrrole nitrogens is 1. The highest BCUT2D eigenvalue weighted by Gasteiger charge is 2.35. The second-order valence-electron chi connectivity index (χ2n) is 17.7. The number of aromatic amines is 1. The molecule has 1 heterocycles. The Morgan fingerprint density at radius 3 is 1.60 bits per heavy atom. The van der Waals surface area contributed by atoms with Crippen LogP contribution in [0.3, 0.4) is 0 Å². The first-order valence-electron chi connectivity index (χ1n) is 20.4. The van der Waals surface area contributed by atoms with E-state index in [-0.39, 0.29) is 36.2 Å². The molecule has 12 heteroatoms. The van der Waals surface area contributed by atoms with E-state index in [9.17, 15) is 39.9 Å². The zero-order chi connectivity index (χ0) is 45.6. The SMILES string of the molecule is CC(C)(C)c1ccc(CNCCc2ccc(F)c(C(F)(F)F)c2)cc1.Cc1cc(C(=O)N(CCc2ccc(F)c(C(F)(F)F)c2)Cc2ccc(C(C)(C)C)cc2)c2[nH]ccc2c1. The highest BCUT2D eigenvalue weighted by Crippen LogP contribution is 2.33. The van der Waals surface area contributed by atoms with Crippen LogP contribution in [-0.4, -0.2) is 28.9 Å². The molecule has 0 saturated carbocycles. The van der Waals surface area contributed by atoms with Gasteiger partial charge in [-0.1, -0.05) is 102 Å². The molecule has 0 aliphatic heterocycles. The molecule has 0 spiro atoms. The van der Waals surface area contributed by atoms with Gasteiger partial charge in [-0.05, 0) is 119 Å². The van der Waals surface area contributed by atoms with Gasteiger partial charge in [0.1, 0.15) is 11.6 Å². The molecular formula is C50H53F8N3O. The third-order valence-electron chi connectivity index (χ3n) is 10.6. The van der Waals surface area contributed by atoms with E-state index >= 15 is 0 Å². The Morgan fingerprint density at radius 1 is 0.613 bits per heavy atom. The van der Waals surface area contributed by atoms with Gasteiger partial charge in [0.2, 0.25) is 0 Å². The van der Waals surface area contributed by atoms with Crippen LogP contribution < -0.4 is 5.32 Å². The van der Waals surface area contributed by atoms with E-state index < -0.39 is 35.1 Å².